The minimum atomic E-state index is 0.196. The lowest BCUT2D eigenvalue weighted by molar-refractivity contribution is 0.233. The zero-order valence-corrected chi connectivity index (χ0v) is 10.9. The summed E-state index contributed by atoms with van der Waals surface area (Å²) < 4.78 is 1.75. The average molecular weight is 270 g/mol. The van der Waals surface area contributed by atoms with Crippen LogP contribution in [-0.4, -0.2) is 37.8 Å². The second kappa shape index (κ2) is 5.97. The van der Waals surface area contributed by atoms with E-state index in [1.165, 1.54) is 6.33 Å². The van der Waals surface area contributed by atoms with E-state index in [-0.39, 0.29) is 12.5 Å². The number of aromatic nitrogens is 4. The Labute approximate surface area is 110 Å². The molecule has 0 fully saturated rings. The molecule has 0 aliphatic carbocycles. The lowest BCUT2D eigenvalue weighted by atomic mass is 10.1. The van der Waals surface area contributed by atoms with Crippen LogP contribution in [0.25, 0.3) is 11.2 Å². The van der Waals surface area contributed by atoms with Crippen LogP contribution >= 0.6 is 11.6 Å². The zero-order chi connectivity index (χ0) is 13.0. The summed E-state index contributed by atoms with van der Waals surface area (Å²) in [6.07, 6.45) is 4.01. The molecule has 0 bridgehead atoms. The Morgan fingerprint density at radius 3 is 3.00 bits per heavy atom. The van der Waals surface area contributed by atoms with Gasteiger partial charge in [-0.15, -0.1) is 11.6 Å². The monoisotopic (exact) mass is 269 g/mol. The maximum Gasteiger partial charge on any atom is 0.166 e. The highest BCUT2D eigenvalue weighted by molar-refractivity contribution is 6.15. The van der Waals surface area contributed by atoms with E-state index in [4.69, 9.17) is 16.7 Å². The highest BCUT2D eigenvalue weighted by Crippen LogP contribution is 2.17. The minimum Gasteiger partial charge on any atom is -0.396 e. The first-order valence-electron chi connectivity index (χ1n) is 5.82. The van der Waals surface area contributed by atoms with Crippen LogP contribution in [0.1, 0.15) is 13.3 Å². The maximum atomic E-state index is 8.96. The Balaban J connectivity index is 2.11. The van der Waals surface area contributed by atoms with Crippen molar-refractivity contribution in [3.8, 4) is 0 Å². The summed E-state index contributed by atoms with van der Waals surface area (Å²) in [5.74, 6) is 0.976. The van der Waals surface area contributed by atoms with Crippen molar-refractivity contribution in [2.75, 3.05) is 18.5 Å². The van der Waals surface area contributed by atoms with Crippen molar-refractivity contribution in [1.82, 2.24) is 19.5 Å². The van der Waals surface area contributed by atoms with Crippen LogP contribution in [0.5, 0.6) is 0 Å². The molecule has 2 heterocycles. The number of nitrogens with zero attached hydrogens (tertiary/aromatic N) is 4. The van der Waals surface area contributed by atoms with Gasteiger partial charge in [-0.25, -0.2) is 15.0 Å². The lowest BCUT2D eigenvalue weighted by Crippen LogP contribution is -2.10. The third-order valence-corrected chi connectivity index (χ3v) is 3.03. The van der Waals surface area contributed by atoms with Gasteiger partial charge < -0.3 is 15.0 Å². The molecule has 0 aliphatic rings. The van der Waals surface area contributed by atoms with Crippen molar-refractivity contribution < 1.29 is 5.11 Å². The van der Waals surface area contributed by atoms with Crippen LogP contribution in [0.4, 0.5) is 5.82 Å². The van der Waals surface area contributed by atoms with Crippen LogP contribution in [0.3, 0.4) is 0 Å². The quantitative estimate of drug-likeness (QED) is 0.777. The van der Waals surface area contributed by atoms with Crippen molar-refractivity contribution in [3.63, 3.8) is 0 Å². The van der Waals surface area contributed by atoms with E-state index in [2.05, 4.69) is 20.3 Å². The fraction of sp³-hybridized carbons (Fsp3) is 0.545. The first kappa shape index (κ1) is 13.0. The third kappa shape index (κ3) is 2.70. The fourth-order valence-corrected chi connectivity index (χ4v) is 1.80. The largest absolute Gasteiger partial charge is 0.396 e. The molecule has 2 aromatic heterocycles. The van der Waals surface area contributed by atoms with Gasteiger partial charge in [-0.3, -0.25) is 0 Å². The number of anilines is 1. The van der Waals surface area contributed by atoms with E-state index in [9.17, 15) is 0 Å². The summed E-state index contributed by atoms with van der Waals surface area (Å²) in [6, 6.07) is 0.314. The predicted molar refractivity (Wildman–Crippen MR) is 70.5 cm³/mol. The molecule has 0 aromatic carbocycles. The zero-order valence-electron chi connectivity index (χ0n) is 10.2. The Kier molecular flexibility index (Phi) is 4.33. The molecule has 0 radical (unpaired) electrons. The van der Waals surface area contributed by atoms with Crippen LogP contribution < -0.4 is 5.32 Å². The first-order valence-corrected chi connectivity index (χ1v) is 6.36. The highest BCUT2D eigenvalue weighted by Gasteiger charge is 2.09. The number of aliphatic hydroxyl groups excluding tert-OH is 1. The number of halogens is 1. The molecule has 0 saturated carbocycles. The number of rotatable bonds is 6. The summed E-state index contributed by atoms with van der Waals surface area (Å²) in [5.41, 5.74) is 1.44. The summed E-state index contributed by atoms with van der Waals surface area (Å²) in [5, 5.41) is 12.2. The van der Waals surface area contributed by atoms with Crippen LogP contribution in [-0.2, 0) is 6.00 Å². The molecule has 0 aliphatic heterocycles. The molecule has 6 nitrogen and oxygen atoms in total. The Hall–Kier alpha value is -1.40. The number of nitrogens with one attached hydrogen (secondary N) is 1. The minimum absolute atomic E-state index is 0.196. The molecule has 0 saturated heterocycles. The third-order valence-electron chi connectivity index (χ3n) is 2.77. The number of fused-ring (bicyclic) bond motifs is 1. The SMILES string of the molecule is C[C@@H](CO)CCNc1ncnc2c1ncn2CCl. The summed E-state index contributed by atoms with van der Waals surface area (Å²) in [7, 11) is 0. The molecule has 2 rings (SSSR count). The van der Waals surface area contributed by atoms with Crippen molar-refractivity contribution in [1.29, 1.82) is 0 Å². The molecule has 1 atom stereocenters. The molecule has 0 spiro atoms. The second-order valence-corrected chi connectivity index (χ2v) is 4.47. The molecule has 2 aromatic rings. The Morgan fingerprint density at radius 1 is 1.44 bits per heavy atom. The number of imidazole rings is 1. The first-order chi connectivity index (χ1) is 8.76. The van der Waals surface area contributed by atoms with Gasteiger partial charge in [-0.1, -0.05) is 6.92 Å². The summed E-state index contributed by atoms with van der Waals surface area (Å²) >= 11 is 5.78. The van der Waals surface area contributed by atoms with E-state index in [1.54, 1.807) is 10.9 Å². The molecular weight excluding hydrogens is 254 g/mol. The van der Waals surface area contributed by atoms with Gasteiger partial charge in [-0.2, -0.15) is 0 Å². The van der Waals surface area contributed by atoms with E-state index in [0.717, 1.165) is 24.1 Å². The highest BCUT2D eigenvalue weighted by atomic mass is 35.5. The standard InChI is InChI=1S/C11H16ClN5O/c1-8(4-18)2-3-13-10-9-11(15-6-14-10)17(5-12)7-16-9/h6-8,18H,2-5H2,1H3,(H,13,14,15)/t8-/m1/s1. The van der Waals surface area contributed by atoms with Crippen molar-refractivity contribution in [2.24, 2.45) is 5.92 Å². The van der Waals surface area contributed by atoms with Gasteiger partial charge in [0.25, 0.3) is 0 Å². The van der Waals surface area contributed by atoms with Crippen molar-refractivity contribution in [2.45, 2.75) is 19.3 Å². The van der Waals surface area contributed by atoms with Gasteiger partial charge in [0, 0.05) is 13.2 Å². The van der Waals surface area contributed by atoms with Crippen molar-refractivity contribution in [3.05, 3.63) is 12.7 Å². The number of aliphatic hydroxyl groups is 1. The summed E-state index contributed by atoms with van der Waals surface area (Å²) in [6.45, 7) is 2.93. The van der Waals surface area contributed by atoms with Gasteiger partial charge in [0.05, 0.1) is 6.33 Å². The molecule has 98 valence electrons. The van der Waals surface area contributed by atoms with Crippen LogP contribution in [0.15, 0.2) is 12.7 Å². The number of alkyl halides is 1. The smallest absolute Gasteiger partial charge is 0.166 e. The van der Waals surface area contributed by atoms with Crippen LogP contribution in [0, 0.1) is 5.92 Å². The van der Waals surface area contributed by atoms with E-state index >= 15 is 0 Å². The van der Waals surface area contributed by atoms with E-state index < -0.39 is 0 Å². The predicted octanol–water partition coefficient (Wildman–Crippen LogP) is 1.45. The van der Waals surface area contributed by atoms with Gasteiger partial charge in [0.2, 0.25) is 0 Å². The maximum absolute atomic E-state index is 8.96. The normalized spacial score (nSPS) is 12.8. The molecule has 2 N–H and O–H groups in total. The fourth-order valence-electron chi connectivity index (χ4n) is 1.63. The second-order valence-electron chi connectivity index (χ2n) is 4.23. The topological polar surface area (TPSA) is 75.9 Å². The van der Waals surface area contributed by atoms with E-state index in [0.29, 0.717) is 11.8 Å². The lowest BCUT2D eigenvalue weighted by Gasteiger charge is -2.09. The van der Waals surface area contributed by atoms with Crippen molar-refractivity contribution >= 4 is 28.6 Å². The molecule has 7 heteroatoms. The Morgan fingerprint density at radius 2 is 2.28 bits per heavy atom. The molecule has 18 heavy (non-hydrogen) atoms. The Bertz CT molecular complexity index is 515. The molecular formula is C11H16ClN5O. The summed E-state index contributed by atoms with van der Waals surface area (Å²) in [4.78, 5) is 12.6. The van der Waals surface area contributed by atoms with Gasteiger partial charge in [-0.05, 0) is 12.3 Å². The number of hydrogen-bond donors (Lipinski definition) is 2. The van der Waals surface area contributed by atoms with Gasteiger partial charge in [0.1, 0.15) is 17.8 Å². The molecule has 0 unspecified atom stereocenters. The number of hydrogen-bond acceptors (Lipinski definition) is 5. The van der Waals surface area contributed by atoms with Gasteiger partial charge in [0.15, 0.2) is 11.5 Å². The van der Waals surface area contributed by atoms with E-state index in [1.807, 2.05) is 6.92 Å². The average Bonchev–Trinajstić information content (AvgIpc) is 2.82. The molecule has 0 amide bonds. The van der Waals surface area contributed by atoms with Gasteiger partial charge >= 0.3 is 0 Å². The van der Waals surface area contributed by atoms with Crippen LogP contribution in [0.2, 0.25) is 0 Å².